The number of nitrogens with one attached hydrogen (secondary N) is 1. The lowest BCUT2D eigenvalue weighted by Gasteiger charge is -2.11. The SMILES string of the molecule is COc1ccc(CNCCCC2C=N2)c(OC)c1. The first-order valence-corrected chi connectivity index (χ1v) is 6.28. The van der Waals surface area contributed by atoms with E-state index < -0.39 is 0 Å². The molecule has 4 heteroatoms. The van der Waals surface area contributed by atoms with E-state index in [4.69, 9.17) is 9.47 Å². The van der Waals surface area contributed by atoms with Crippen LogP contribution in [0.2, 0.25) is 0 Å². The number of nitrogens with zero attached hydrogens (tertiary/aromatic N) is 1. The average Bonchev–Trinajstić information content (AvgIpc) is 3.22. The zero-order valence-corrected chi connectivity index (χ0v) is 11.0. The monoisotopic (exact) mass is 248 g/mol. The fraction of sp³-hybridized carbons (Fsp3) is 0.500. The molecule has 1 aliphatic heterocycles. The van der Waals surface area contributed by atoms with Crippen molar-refractivity contribution in [1.82, 2.24) is 5.32 Å². The van der Waals surface area contributed by atoms with Crippen molar-refractivity contribution < 1.29 is 9.47 Å². The molecule has 18 heavy (non-hydrogen) atoms. The summed E-state index contributed by atoms with van der Waals surface area (Å²) >= 11 is 0. The number of aliphatic imine (C=N–C) groups is 1. The highest BCUT2D eigenvalue weighted by Crippen LogP contribution is 2.24. The molecule has 1 aromatic rings. The number of methoxy groups -OCH3 is 2. The Morgan fingerprint density at radius 3 is 2.78 bits per heavy atom. The van der Waals surface area contributed by atoms with E-state index in [9.17, 15) is 0 Å². The molecule has 1 atom stereocenters. The Morgan fingerprint density at radius 2 is 2.11 bits per heavy atom. The Hall–Kier alpha value is -1.55. The molecule has 98 valence electrons. The van der Waals surface area contributed by atoms with Crippen LogP contribution in [0.15, 0.2) is 23.2 Å². The van der Waals surface area contributed by atoms with Crippen LogP contribution < -0.4 is 14.8 Å². The summed E-state index contributed by atoms with van der Waals surface area (Å²) in [4.78, 5) is 4.12. The van der Waals surface area contributed by atoms with Gasteiger partial charge in [0.05, 0.1) is 20.3 Å². The Labute approximate surface area is 108 Å². The standard InChI is InChI=1S/C14H20N2O2/c1-17-13-6-5-11(14(8-13)18-2)9-15-7-3-4-12-10-16-12/h5-6,8,10,12,15H,3-4,7,9H2,1-2H3. The molecule has 0 spiro atoms. The van der Waals surface area contributed by atoms with Gasteiger partial charge in [-0.3, -0.25) is 4.99 Å². The first kappa shape index (κ1) is 12.9. The summed E-state index contributed by atoms with van der Waals surface area (Å²) < 4.78 is 10.5. The Kier molecular flexibility index (Phi) is 4.59. The molecule has 0 aliphatic carbocycles. The van der Waals surface area contributed by atoms with Gasteiger partial charge < -0.3 is 14.8 Å². The van der Waals surface area contributed by atoms with E-state index in [-0.39, 0.29) is 0 Å². The lowest BCUT2D eigenvalue weighted by molar-refractivity contribution is 0.389. The molecule has 1 heterocycles. The summed E-state index contributed by atoms with van der Waals surface area (Å²) in [6.07, 6.45) is 4.32. The van der Waals surface area contributed by atoms with Gasteiger partial charge in [0.2, 0.25) is 0 Å². The molecule has 0 aromatic heterocycles. The third kappa shape index (κ3) is 3.74. The third-order valence-electron chi connectivity index (χ3n) is 3.02. The maximum absolute atomic E-state index is 5.35. The molecule has 0 saturated heterocycles. The van der Waals surface area contributed by atoms with Crippen LogP contribution in [0.3, 0.4) is 0 Å². The van der Waals surface area contributed by atoms with Crippen LogP contribution in [0.1, 0.15) is 18.4 Å². The topological polar surface area (TPSA) is 42.8 Å². The van der Waals surface area contributed by atoms with E-state index in [1.165, 1.54) is 0 Å². The van der Waals surface area contributed by atoms with Gasteiger partial charge >= 0.3 is 0 Å². The smallest absolute Gasteiger partial charge is 0.127 e. The molecule has 0 saturated carbocycles. The zero-order valence-electron chi connectivity index (χ0n) is 11.0. The number of ether oxygens (including phenoxy) is 2. The van der Waals surface area contributed by atoms with E-state index in [2.05, 4.69) is 10.3 Å². The van der Waals surface area contributed by atoms with Gasteiger partial charge in [0.25, 0.3) is 0 Å². The fourth-order valence-electron chi connectivity index (χ4n) is 1.87. The highest BCUT2D eigenvalue weighted by molar-refractivity contribution is 5.77. The van der Waals surface area contributed by atoms with Crippen LogP contribution in [-0.2, 0) is 6.54 Å². The van der Waals surface area contributed by atoms with Gasteiger partial charge in [0, 0.05) is 24.4 Å². The summed E-state index contributed by atoms with van der Waals surface area (Å²) in [6.45, 7) is 1.83. The minimum Gasteiger partial charge on any atom is -0.497 e. The summed E-state index contributed by atoms with van der Waals surface area (Å²) in [7, 11) is 3.34. The summed E-state index contributed by atoms with van der Waals surface area (Å²) in [6, 6.07) is 6.43. The molecule has 1 N–H and O–H groups in total. The Morgan fingerprint density at radius 1 is 1.28 bits per heavy atom. The van der Waals surface area contributed by atoms with Crippen molar-refractivity contribution in [1.29, 1.82) is 0 Å². The number of hydrogen-bond acceptors (Lipinski definition) is 4. The van der Waals surface area contributed by atoms with Gasteiger partial charge in [-0.15, -0.1) is 0 Å². The second kappa shape index (κ2) is 6.40. The van der Waals surface area contributed by atoms with E-state index in [0.717, 1.165) is 43.0 Å². The van der Waals surface area contributed by atoms with Crippen molar-refractivity contribution in [2.24, 2.45) is 4.99 Å². The first-order chi connectivity index (χ1) is 8.83. The molecule has 1 aliphatic rings. The quantitative estimate of drug-likeness (QED) is 0.716. The molecule has 2 rings (SSSR count). The van der Waals surface area contributed by atoms with Gasteiger partial charge in [-0.1, -0.05) is 6.07 Å². The zero-order chi connectivity index (χ0) is 12.8. The number of benzene rings is 1. The number of hydrogen-bond donors (Lipinski definition) is 1. The van der Waals surface area contributed by atoms with E-state index >= 15 is 0 Å². The predicted molar refractivity (Wildman–Crippen MR) is 72.8 cm³/mol. The average molecular weight is 248 g/mol. The second-order valence-corrected chi connectivity index (χ2v) is 4.36. The molecule has 4 nitrogen and oxygen atoms in total. The minimum absolute atomic E-state index is 0.530. The Bertz CT molecular complexity index is 412. The van der Waals surface area contributed by atoms with Crippen LogP contribution in [0.5, 0.6) is 11.5 Å². The van der Waals surface area contributed by atoms with Gasteiger partial charge in [0.1, 0.15) is 11.5 Å². The Balaban J connectivity index is 1.76. The molecule has 0 fully saturated rings. The van der Waals surface area contributed by atoms with Crippen molar-refractivity contribution >= 4 is 6.21 Å². The molecule has 0 amide bonds. The fourth-order valence-corrected chi connectivity index (χ4v) is 1.87. The van der Waals surface area contributed by atoms with Crippen molar-refractivity contribution in [3.05, 3.63) is 23.8 Å². The minimum atomic E-state index is 0.530. The summed E-state index contributed by atoms with van der Waals surface area (Å²) in [5, 5.41) is 3.42. The normalized spacial score (nSPS) is 16.7. The third-order valence-corrected chi connectivity index (χ3v) is 3.02. The van der Waals surface area contributed by atoms with Gasteiger partial charge in [0.15, 0.2) is 0 Å². The van der Waals surface area contributed by atoms with E-state index in [1.54, 1.807) is 14.2 Å². The first-order valence-electron chi connectivity index (χ1n) is 6.28. The molecular formula is C14H20N2O2. The van der Waals surface area contributed by atoms with Crippen LogP contribution in [0.25, 0.3) is 0 Å². The van der Waals surface area contributed by atoms with Crippen molar-refractivity contribution in [3.8, 4) is 11.5 Å². The largest absolute Gasteiger partial charge is 0.497 e. The highest BCUT2D eigenvalue weighted by Gasteiger charge is 2.11. The molecule has 1 unspecified atom stereocenters. The maximum atomic E-state index is 5.35. The van der Waals surface area contributed by atoms with Crippen molar-refractivity contribution in [3.63, 3.8) is 0 Å². The lowest BCUT2D eigenvalue weighted by Crippen LogP contribution is -2.15. The van der Waals surface area contributed by atoms with Gasteiger partial charge in [-0.2, -0.15) is 0 Å². The molecule has 1 aromatic carbocycles. The molecular weight excluding hydrogens is 228 g/mol. The maximum Gasteiger partial charge on any atom is 0.127 e. The number of rotatable bonds is 8. The lowest BCUT2D eigenvalue weighted by atomic mass is 10.2. The van der Waals surface area contributed by atoms with Crippen LogP contribution >= 0.6 is 0 Å². The van der Waals surface area contributed by atoms with E-state index in [0.29, 0.717) is 6.04 Å². The van der Waals surface area contributed by atoms with Crippen LogP contribution in [-0.4, -0.2) is 33.0 Å². The molecule has 0 bridgehead atoms. The summed E-state index contributed by atoms with van der Waals surface area (Å²) in [5.74, 6) is 1.69. The summed E-state index contributed by atoms with van der Waals surface area (Å²) in [5.41, 5.74) is 1.15. The van der Waals surface area contributed by atoms with Crippen LogP contribution in [0.4, 0.5) is 0 Å². The van der Waals surface area contributed by atoms with Crippen LogP contribution in [0, 0.1) is 0 Å². The predicted octanol–water partition coefficient (Wildman–Crippen LogP) is 2.03. The van der Waals surface area contributed by atoms with Gasteiger partial charge in [-0.05, 0) is 25.5 Å². The highest BCUT2D eigenvalue weighted by atomic mass is 16.5. The molecule has 0 radical (unpaired) electrons. The second-order valence-electron chi connectivity index (χ2n) is 4.36. The van der Waals surface area contributed by atoms with Gasteiger partial charge in [-0.25, -0.2) is 0 Å². The van der Waals surface area contributed by atoms with Crippen molar-refractivity contribution in [2.45, 2.75) is 25.4 Å². The van der Waals surface area contributed by atoms with Crippen molar-refractivity contribution in [2.75, 3.05) is 20.8 Å². The van der Waals surface area contributed by atoms with E-state index in [1.807, 2.05) is 24.4 Å².